The van der Waals surface area contributed by atoms with E-state index < -0.39 is 0 Å². The number of hydrogen-bond donors (Lipinski definition) is 0. The van der Waals surface area contributed by atoms with Gasteiger partial charge in [-0.3, -0.25) is 4.40 Å². The van der Waals surface area contributed by atoms with E-state index in [1.807, 2.05) is 0 Å². The maximum atomic E-state index is 5.18. The first-order valence-electron chi connectivity index (χ1n) is 17.5. The standard InChI is InChI=1S/C48H32N2/c1-48(2)41-12-6-5-11-37(41)38-22-20-34(27-42(38)48)32-17-15-31-26-33(18-16-30(31)25-32)35-21-23-39-45(28-35)50-44-14-8-7-13-43(44)49-47(50)40-24-19-29-9-3-4-10-36(29)46(39)40/h3-28H,1-2H3. The molecule has 2 aromatic heterocycles. The topological polar surface area (TPSA) is 17.3 Å². The lowest BCUT2D eigenvalue weighted by molar-refractivity contribution is 0.660. The van der Waals surface area contributed by atoms with Crippen LogP contribution in [0.15, 0.2) is 158 Å². The molecule has 0 amide bonds. The highest BCUT2D eigenvalue weighted by atomic mass is 15.0. The first kappa shape index (κ1) is 27.7. The van der Waals surface area contributed by atoms with Crippen molar-refractivity contribution in [3.05, 3.63) is 169 Å². The van der Waals surface area contributed by atoms with Crippen LogP contribution in [0.3, 0.4) is 0 Å². The summed E-state index contributed by atoms with van der Waals surface area (Å²) in [5, 5.41) is 8.67. The largest absolute Gasteiger partial charge is 0.292 e. The number of benzene rings is 8. The van der Waals surface area contributed by atoms with Crippen LogP contribution in [0.4, 0.5) is 0 Å². The van der Waals surface area contributed by atoms with Crippen molar-refractivity contribution in [3.63, 3.8) is 0 Å². The minimum atomic E-state index is -0.0124. The van der Waals surface area contributed by atoms with Crippen LogP contribution in [-0.2, 0) is 5.41 Å². The lowest BCUT2D eigenvalue weighted by Crippen LogP contribution is -2.14. The van der Waals surface area contributed by atoms with E-state index in [1.165, 1.54) is 87.7 Å². The second kappa shape index (κ2) is 9.90. The van der Waals surface area contributed by atoms with Crippen LogP contribution in [-0.4, -0.2) is 9.38 Å². The zero-order valence-corrected chi connectivity index (χ0v) is 27.9. The Balaban J connectivity index is 1.06. The summed E-state index contributed by atoms with van der Waals surface area (Å²) in [4.78, 5) is 5.18. The summed E-state index contributed by atoms with van der Waals surface area (Å²) in [6.45, 7) is 4.70. The summed E-state index contributed by atoms with van der Waals surface area (Å²) in [6, 6.07) is 58.3. The van der Waals surface area contributed by atoms with E-state index in [4.69, 9.17) is 4.98 Å². The predicted octanol–water partition coefficient (Wildman–Crippen LogP) is 12.7. The molecule has 50 heavy (non-hydrogen) atoms. The molecule has 0 radical (unpaired) electrons. The van der Waals surface area contributed by atoms with Crippen LogP contribution in [0.5, 0.6) is 0 Å². The van der Waals surface area contributed by atoms with Gasteiger partial charge < -0.3 is 0 Å². The molecule has 0 saturated heterocycles. The van der Waals surface area contributed by atoms with Gasteiger partial charge in [0.1, 0.15) is 5.65 Å². The number of pyridine rings is 1. The fourth-order valence-corrected chi connectivity index (χ4v) is 8.79. The third-order valence-corrected chi connectivity index (χ3v) is 11.3. The Bertz CT molecular complexity index is 3070. The molecule has 0 aliphatic heterocycles. The van der Waals surface area contributed by atoms with Crippen molar-refractivity contribution < 1.29 is 0 Å². The Labute approximate surface area is 289 Å². The van der Waals surface area contributed by atoms with E-state index in [2.05, 4.69) is 176 Å². The van der Waals surface area contributed by atoms with Gasteiger partial charge in [0, 0.05) is 21.6 Å². The molecule has 2 heterocycles. The Hall–Kier alpha value is -6.25. The number of fused-ring (bicyclic) bond motifs is 14. The van der Waals surface area contributed by atoms with Crippen molar-refractivity contribution >= 4 is 59.9 Å². The SMILES string of the molecule is CC1(C)c2ccccc2-c2ccc(-c3ccc4cc(-c5ccc6c7c8ccccc8ccc7c7nc8ccccc8n7c6c5)ccc4c3)cc21. The molecule has 2 nitrogen and oxygen atoms in total. The molecule has 0 bridgehead atoms. The van der Waals surface area contributed by atoms with Gasteiger partial charge in [-0.15, -0.1) is 0 Å². The monoisotopic (exact) mass is 636 g/mol. The van der Waals surface area contributed by atoms with Gasteiger partial charge in [-0.2, -0.15) is 0 Å². The third-order valence-electron chi connectivity index (χ3n) is 11.3. The van der Waals surface area contributed by atoms with Crippen molar-refractivity contribution in [3.8, 4) is 33.4 Å². The smallest absolute Gasteiger partial charge is 0.146 e. The molecule has 234 valence electrons. The zero-order chi connectivity index (χ0) is 33.1. The van der Waals surface area contributed by atoms with E-state index >= 15 is 0 Å². The van der Waals surface area contributed by atoms with Gasteiger partial charge in [-0.1, -0.05) is 129 Å². The molecular formula is C48H32N2. The summed E-state index contributed by atoms with van der Waals surface area (Å²) in [7, 11) is 0. The second-order valence-corrected chi connectivity index (χ2v) is 14.4. The maximum Gasteiger partial charge on any atom is 0.146 e. The van der Waals surface area contributed by atoms with E-state index in [9.17, 15) is 0 Å². The molecule has 8 aromatic carbocycles. The summed E-state index contributed by atoms with van der Waals surface area (Å²) in [5.41, 5.74) is 14.8. The van der Waals surface area contributed by atoms with Crippen molar-refractivity contribution in [2.45, 2.75) is 19.3 Å². The average Bonchev–Trinajstić information content (AvgIpc) is 3.67. The summed E-state index contributed by atoms with van der Waals surface area (Å²) in [6.07, 6.45) is 0. The lowest BCUT2D eigenvalue weighted by atomic mass is 9.81. The highest BCUT2D eigenvalue weighted by Crippen LogP contribution is 2.49. The predicted molar refractivity (Wildman–Crippen MR) is 211 cm³/mol. The van der Waals surface area contributed by atoms with Gasteiger partial charge in [-0.25, -0.2) is 4.98 Å². The molecule has 0 fully saturated rings. The number of para-hydroxylation sites is 2. The van der Waals surface area contributed by atoms with Crippen molar-refractivity contribution in [1.82, 2.24) is 9.38 Å². The average molecular weight is 637 g/mol. The molecule has 1 aliphatic carbocycles. The Morgan fingerprint density at radius 1 is 0.440 bits per heavy atom. The molecule has 1 aliphatic rings. The number of imidazole rings is 1. The molecule has 2 heteroatoms. The molecule has 0 unspecified atom stereocenters. The normalized spacial score (nSPS) is 13.6. The van der Waals surface area contributed by atoms with Gasteiger partial charge in [-0.05, 0) is 109 Å². The minimum absolute atomic E-state index is 0.0124. The van der Waals surface area contributed by atoms with Gasteiger partial charge in [0.2, 0.25) is 0 Å². The van der Waals surface area contributed by atoms with E-state index in [0.29, 0.717) is 0 Å². The Kier molecular flexibility index (Phi) is 5.48. The molecule has 0 spiro atoms. The number of hydrogen-bond acceptors (Lipinski definition) is 1. The summed E-state index contributed by atoms with van der Waals surface area (Å²) in [5.74, 6) is 0. The summed E-state index contributed by atoms with van der Waals surface area (Å²) < 4.78 is 2.36. The van der Waals surface area contributed by atoms with Crippen LogP contribution in [0.25, 0.3) is 93.3 Å². The van der Waals surface area contributed by atoms with Gasteiger partial charge >= 0.3 is 0 Å². The first-order chi connectivity index (χ1) is 24.5. The Morgan fingerprint density at radius 3 is 1.92 bits per heavy atom. The fourth-order valence-electron chi connectivity index (χ4n) is 8.79. The third kappa shape index (κ3) is 3.76. The van der Waals surface area contributed by atoms with Crippen LogP contribution < -0.4 is 0 Å². The van der Waals surface area contributed by atoms with E-state index in [1.54, 1.807) is 0 Å². The van der Waals surface area contributed by atoms with Crippen LogP contribution in [0.1, 0.15) is 25.0 Å². The van der Waals surface area contributed by atoms with Gasteiger partial charge in [0.25, 0.3) is 0 Å². The molecule has 0 atom stereocenters. The van der Waals surface area contributed by atoms with Crippen molar-refractivity contribution in [1.29, 1.82) is 0 Å². The molecular weight excluding hydrogens is 605 g/mol. The zero-order valence-electron chi connectivity index (χ0n) is 27.9. The number of rotatable bonds is 2. The van der Waals surface area contributed by atoms with E-state index in [0.717, 1.165) is 16.7 Å². The number of aromatic nitrogens is 2. The highest BCUT2D eigenvalue weighted by Gasteiger charge is 2.35. The van der Waals surface area contributed by atoms with Crippen LogP contribution in [0, 0.1) is 0 Å². The molecule has 0 saturated carbocycles. The molecule has 0 N–H and O–H groups in total. The first-order valence-corrected chi connectivity index (χ1v) is 17.5. The van der Waals surface area contributed by atoms with Crippen molar-refractivity contribution in [2.24, 2.45) is 0 Å². The minimum Gasteiger partial charge on any atom is -0.292 e. The van der Waals surface area contributed by atoms with Crippen LogP contribution in [0.2, 0.25) is 0 Å². The van der Waals surface area contributed by atoms with Crippen LogP contribution >= 0.6 is 0 Å². The Morgan fingerprint density at radius 2 is 1.06 bits per heavy atom. The molecule has 10 aromatic rings. The summed E-state index contributed by atoms with van der Waals surface area (Å²) >= 11 is 0. The number of nitrogens with zero attached hydrogens (tertiary/aromatic N) is 2. The second-order valence-electron chi connectivity index (χ2n) is 14.4. The fraction of sp³-hybridized carbons (Fsp3) is 0.0625. The lowest BCUT2D eigenvalue weighted by Gasteiger charge is -2.22. The van der Waals surface area contributed by atoms with E-state index in [-0.39, 0.29) is 5.41 Å². The maximum absolute atomic E-state index is 5.18. The molecule has 11 rings (SSSR count). The highest BCUT2D eigenvalue weighted by molar-refractivity contribution is 6.24. The van der Waals surface area contributed by atoms with Crippen molar-refractivity contribution in [2.75, 3.05) is 0 Å². The van der Waals surface area contributed by atoms with Gasteiger partial charge in [0.05, 0.1) is 16.6 Å². The quantitative estimate of drug-likeness (QED) is 0.173. The van der Waals surface area contributed by atoms with Gasteiger partial charge in [0.15, 0.2) is 0 Å².